The van der Waals surface area contributed by atoms with Gasteiger partial charge in [0.2, 0.25) is 11.8 Å². The van der Waals surface area contributed by atoms with E-state index in [1.807, 2.05) is 6.07 Å². The molecule has 0 N–H and O–H groups in total. The van der Waals surface area contributed by atoms with E-state index >= 15 is 0 Å². The smallest absolute Gasteiger partial charge is 0.232 e. The van der Waals surface area contributed by atoms with E-state index in [1.54, 1.807) is 4.90 Å². The molecule has 0 aromatic heterocycles. The number of hydrogen-bond acceptors (Lipinski definition) is 2. The van der Waals surface area contributed by atoms with Gasteiger partial charge in [-0.1, -0.05) is 140 Å². The van der Waals surface area contributed by atoms with Crippen molar-refractivity contribution in [2.24, 2.45) is 5.92 Å². The second kappa shape index (κ2) is 21.4. The largest absolute Gasteiger partial charge is 1.00 e. The number of halogens is 1. The number of carbonyl (C=O) groups is 2. The van der Waals surface area contributed by atoms with Crippen LogP contribution in [0.4, 0.5) is 0 Å². The van der Waals surface area contributed by atoms with Gasteiger partial charge < -0.3 is 16.9 Å². The Bertz CT molecular complexity index is 768. The minimum atomic E-state index is -0.0686. The second-order valence-corrected chi connectivity index (χ2v) is 12.5. The molecule has 1 heterocycles. The van der Waals surface area contributed by atoms with E-state index in [4.69, 9.17) is 0 Å². The number of benzene rings is 1. The summed E-state index contributed by atoms with van der Waals surface area (Å²) >= 11 is 0. The standard InChI is InChI=1S/C34H59N2O2.ClH/c1-4-5-6-7-8-9-10-11-12-13-14-15-16-17-18-22-26-32-29-33(37)35(34(32)38)27-23-28-36(2,3)30-31-24-20-19-21-25-31;/h19-21,24-25,32H,4-18,22-23,26-30H2,1-3H3;1H/q+1;/p-1. The zero-order valence-electron chi connectivity index (χ0n) is 25.6. The third-order valence-electron chi connectivity index (χ3n) is 8.34. The van der Waals surface area contributed by atoms with Crippen molar-refractivity contribution < 1.29 is 26.5 Å². The fourth-order valence-electron chi connectivity index (χ4n) is 5.96. The molecule has 0 aliphatic carbocycles. The van der Waals surface area contributed by atoms with Crippen LogP contribution in [-0.2, 0) is 16.1 Å². The number of rotatable bonds is 23. The lowest BCUT2D eigenvalue weighted by Crippen LogP contribution is -3.00. The highest BCUT2D eigenvalue weighted by Gasteiger charge is 2.37. The first kappa shape index (κ1) is 35.6. The van der Waals surface area contributed by atoms with Crippen molar-refractivity contribution in [1.82, 2.24) is 4.90 Å². The Hall–Kier alpha value is -1.39. The van der Waals surface area contributed by atoms with Crippen LogP contribution in [0.15, 0.2) is 30.3 Å². The molecule has 0 spiro atoms. The molecular weight excluding hydrogens is 504 g/mol. The molecule has 0 radical (unpaired) electrons. The van der Waals surface area contributed by atoms with E-state index < -0.39 is 0 Å². The molecule has 1 aliphatic rings. The summed E-state index contributed by atoms with van der Waals surface area (Å²) in [6.45, 7) is 4.77. The average molecular weight is 563 g/mol. The van der Waals surface area contributed by atoms with Crippen molar-refractivity contribution in [3.8, 4) is 0 Å². The fourth-order valence-corrected chi connectivity index (χ4v) is 5.96. The first-order valence-corrected chi connectivity index (χ1v) is 16.1. The summed E-state index contributed by atoms with van der Waals surface area (Å²) in [6, 6.07) is 10.5. The number of nitrogens with zero attached hydrogens (tertiary/aromatic N) is 2. The summed E-state index contributed by atoms with van der Waals surface area (Å²) < 4.78 is 0.864. The molecule has 1 aromatic carbocycles. The van der Waals surface area contributed by atoms with Gasteiger partial charge in [0.25, 0.3) is 0 Å². The van der Waals surface area contributed by atoms with Gasteiger partial charge in [-0.3, -0.25) is 14.5 Å². The van der Waals surface area contributed by atoms with E-state index in [0.29, 0.717) is 13.0 Å². The maximum atomic E-state index is 12.9. The Morgan fingerprint density at radius 1 is 0.718 bits per heavy atom. The monoisotopic (exact) mass is 562 g/mol. The Morgan fingerprint density at radius 3 is 1.72 bits per heavy atom. The molecule has 1 fully saturated rings. The maximum absolute atomic E-state index is 12.9. The summed E-state index contributed by atoms with van der Waals surface area (Å²) in [5, 5.41) is 0. The van der Waals surface area contributed by atoms with Crippen LogP contribution in [0.1, 0.15) is 134 Å². The highest BCUT2D eigenvalue weighted by molar-refractivity contribution is 6.03. The molecule has 2 amide bonds. The summed E-state index contributed by atoms with van der Waals surface area (Å²) in [6.07, 6.45) is 23.9. The first-order valence-electron chi connectivity index (χ1n) is 16.1. The van der Waals surface area contributed by atoms with E-state index in [9.17, 15) is 9.59 Å². The lowest BCUT2D eigenvalue weighted by atomic mass is 9.98. The van der Waals surface area contributed by atoms with Crippen LogP contribution >= 0.6 is 0 Å². The topological polar surface area (TPSA) is 37.4 Å². The second-order valence-electron chi connectivity index (χ2n) is 12.5. The van der Waals surface area contributed by atoms with Crippen LogP contribution < -0.4 is 12.4 Å². The van der Waals surface area contributed by atoms with Crippen LogP contribution in [-0.4, -0.2) is 48.4 Å². The van der Waals surface area contributed by atoms with Crippen LogP contribution in [0.2, 0.25) is 0 Å². The molecule has 224 valence electrons. The highest BCUT2D eigenvalue weighted by atomic mass is 35.5. The lowest BCUT2D eigenvalue weighted by Gasteiger charge is -2.30. The number of unbranched alkanes of at least 4 members (excludes halogenated alkanes) is 15. The molecule has 0 saturated carbocycles. The summed E-state index contributed by atoms with van der Waals surface area (Å²) in [5.74, 6) is 0.0650. The molecule has 0 bridgehead atoms. The molecule has 1 aliphatic heterocycles. The molecule has 5 heteroatoms. The predicted octanol–water partition coefficient (Wildman–Crippen LogP) is 5.68. The number of quaternary nitrogens is 1. The first-order chi connectivity index (χ1) is 18.4. The van der Waals surface area contributed by atoms with Crippen molar-refractivity contribution in [1.29, 1.82) is 0 Å². The normalized spacial score (nSPS) is 15.7. The van der Waals surface area contributed by atoms with E-state index in [2.05, 4.69) is 45.3 Å². The van der Waals surface area contributed by atoms with Crippen molar-refractivity contribution in [3.63, 3.8) is 0 Å². The lowest BCUT2D eigenvalue weighted by molar-refractivity contribution is -0.903. The predicted molar refractivity (Wildman–Crippen MR) is 161 cm³/mol. The number of carbonyl (C=O) groups excluding carboxylic acids is 2. The Labute approximate surface area is 247 Å². The van der Waals surface area contributed by atoms with Gasteiger partial charge >= 0.3 is 0 Å². The highest BCUT2D eigenvalue weighted by Crippen LogP contribution is 2.26. The summed E-state index contributed by atoms with van der Waals surface area (Å²) in [7, 11) is 4.45. The zero-order valence-corrected chi connectivity index (χ0v) is 26.4. The minimum Gasteiger partial charge on any atom is -1.00 e. The number of amides is 2. The molecular formula is C34H59ClN2O2. The molecule has 1 unspecified atom stereocenters. The van der Waals surface area contributed by atoms with Crippen LogP contribution in [0.5, 0.6) is 0 Å². The zero-order chi connectivity index (χ0) is 27.5. The Kier molecular flexibility index (Phi) is 19.5. The number of likely N-dealkylation sites (tertiary alicyclic amines) is 1. The molecule has 1 atom stereocenters. The summed E-state index contributed by atoms with van der Waals surface area (Å²) in [5.41, 5.74) is 1.32. The molecule has 2 rings (SSSR count). The third-order valence-corrected chi connectivity index (χ3v) is 8.34. The maximum Gasteiger partial charge on any atom is 0.232 e. The van der Waals surface area contributed by atoms with Crippen molar-refractivity contribution >= 4 is 11.8 Å². The van der Waals surface area contributed by atoms with Gasteiger partial charge in [0.15, 0.2) is 0 Å². The van der Waals surface area contributed by atoms with Crippen LogP contribution in [0, 0.1) is 5.92 Å². The van der Waals surface area contributed by atoms with E-state index in [0.717, 1.165) is 36.8 Å². The molecule has 1 aromatic rings. The molecule has 4 nitrogen and oxygen atoms in total. The quantitative estimate of drug-likeness (QED) is 0.0977. The van der Waals surface area contributed by atoms with Crippen LogP contribution in [0.25, 0.3) is 0 Å². The van der Waals surface area contributed by atoms with Gasteiger partial charge in [-0.05, 0) is 6.42 Å². The number of imide groups is 1. The Balaban J connectivity index is 0.00000760. The van der Waals surface area contributed by atoms with Gasteiger partial charge in [-0.15, -0.1) is 0 Å². The summed E-state index contributed by atoms with van der Waals surface area (Å²) in [4.78, 5) is 26.9. The van der Waals surface area contributed by atoms with Crippen molar-refractivity contribution in [3.05, 3.63) is 35.9 Å². The number of hydrogen-bond donors (Lipinski definition) is 0. The van der Waals surface area contributed by atoms with Gasteiger partial charge in [-0.25, -0.2) is 0 Å². The molecule has 39 heavy (non-hydrogen) atoms. The van der Waals surface area contributed by atoms with Gasteiger partial charge in [0.05, 0.1) is 20.6 Å². The van der Waals surface area contributed by atoms with Gasteiger partial charge in [0, 0.05) is 30.9 Å². The Morgan fingerprint density at radius 2 is 1.21 bits per heavy atom. The van der Waals surface area contributed by atoms with Crippen molar-refractivity contribution in [2.75, 3.05) is 27.2 Å². The van der Waals surface area contributed by atoms with E-state index in [1.165, 1.54) is 102 Å². The third kappa shape index (κ3) is 15.8. The fraction of sp³-hybridized carbons (Fsp3) is 0.765. The van der Waals surface area contributed by atoms with Gasteiger partial charge in [-0.2, -0.15) is 0 Å². The average Bonchev–Trinajstić information content (AvgIpc) is 3.16. The van der Waals surface area contributed by atoms with Crippen LogP contribution in [0.3, 0.4) is 0 Å². The van der Waals surface area contributed by atoms with E-state index in [-0.39, 0.29) is 30.1 Å². The minimum absolute atomic E-state index is 0. The SMILES string of the molecule is CCCCCCCCCCCCCCCCCCC1CC(=O)N(CCC[N+](C)(C)Cc2ccccc2)C1=O.[Cl-]. The molecule has 1 saturated heterocycles. The van der Waals surface area contributed by atoms with Crippen molar-refractivity contribution in [2.45, 2.75) is 135 Å². The van der Waals surface area contributed by atoms with Gasteiger partial charge in [0.1, 0.15) is 6.54 Å².